The molecular weight excluding hydrogens is 412 g/mol. The molecule has 0 aromatic heterocycles. The summed E-state index contributed by atoms with van der Waals surface area (Å²) in [6, 6.07) is 3.74. The van der Waals surface area contributed by atoms with E-state index in [0.717, 1.165) is 48.7 Å². The molecule has 0 saturated carbocycles. The van der Waals surface area contributed by atoms with Crippen molar-refractivity contribution in [1.82, 2.24) is 0 Å². The molecule has 1 aromatic rings. The molecule has 1 heterocycles. The average molecular weight is 441 g/mol. The van der Waals surface area contributed by atoms with Crippen LogP contribution in [-0.4, -0.2) is 36.4 Å². The van der Waals surface area contributed by atoms with Gasteiger partial charge in [-0.2, -0.15) is 0 Å². The zero-order valence-electron chi connectivity index (χ0n) is 16.2. The van der Waals surface area contributed by atoms with Gasteiger partial charge in [-0.3, -0.25) is 9.59 Å². The van der Waals surface area contributed by atoms with Gasteiger partial charge in [-0.15, -0.1) is 0 Å². The van der Waals surface area contributed by atoms with Crippen LogP contribution in [0, 0.1) is 0 Å². The minimum atomic E-state index is -0.189. The summed E-state index contributed by atoms with van der Waals surface area (Å²) in [5.74, 6) is 1.16. The number of benzene rings is 1. The van der Waals surface area contributed by atoms with Crippen LogP contribution in [0.3, 0.4) is 0 Å². The highest BCUT2D eigenvalue weighted by Gasteiger charge is 2.24. The zero-order chi connectivity index (χ0) is 19.6. The van der Waals surface area contributed by atoms with Crippen molar-refractivity contribution in [1.29, 1.82) is 0 Å². The second-order valence-corrected chi connectivity index (χ2v) is 7.53. The molecule has 6 heteroatoms. The maximum Gasteiger partial charge on any atom is 0.305 e. The molecule has 1 aliphatic rings. The molecule has 0 radical (unpaired) electrons. The highest BCUT2D eigenvalue weighted by atomic mass is 79.9. The van der Waals surface area contributed by atoms with E-state index < -0.39 is 0 Å². The number of hydrogen-bond donors (Lipinski definition) is 0. The number of carbonyl (C=O) groups excluding carboxylic acids is 2. The fourth-order valence-electron chi connectivity index (χ4n) is 3.13. The van der Waals surface area contributed by atoms with Crippen molar-refractivity contribution in [2.24, 2.45) is 0 Å². The van der Waals surface area contributed by atoms with E-state index in [2.05, 4.69) is 15.9 Å². The molecule has 0 spiro atoms. The first-order chi connectivity index (χ1) is 13.0. The molecule has 5 nitrogen and oxygen atoms in total. The third-order valence-corrected chi connectivity index (χ3v) is 5.14. The monoisotopic (exact) mass is 440 g/mol. The topological polar surface area (TPSA) is 61.8 Å². The standard InChI is InChI=1S/C21H29BrO5/c1-3-25-21(24)10-9-17-8-7-16-13-18(15(2)23)20(14-19(16)27-17)26-12-6-4-5-11-22/h13-14,17H,3-12H2,1-2H3. The van der Waals surface area contributed by atoms with Gasteiger partial charge in [0, 0.05) is 17.8 Å². The van der Waals surface area contributed by atoms with Crippen LogP contribution >= 0.6 is 15.9 Å². The Bertz CT molecular complexity index is 644. The summed E-state index contributed by atoms with van der Waals surface area (Å²) >= 11 is 3.42. The second-order valence-electron chi connectivity index (χ2n) is 6.73. The number of hydrogen-bond acceptors (Lipinski definition) is 5. The summed E-state index contributed by atoms with van der Waals surface area (Å²) in [5, 5.41) is 0.992. The maximum atomic E-state index is 12.0. The number of rotatable bonds is 11. The normalized spacial score (nSPS) is 15.6. The molecule has 150 valence electrons. The Morgan fingerprint density at radius 3 is 2.78 bits per heavy atom. The van der Waals surface area contributed by atoms with E-state index in [4.69, 9.17) is 14.2 Å². The maximum absolute atomic E-state index is 12.0. The number of esters is 1. The highest BCUT2D eigenvalue weighted by molar-refractivity contribution is 9.09. The number of carbonyl (C=O) groups is 2. The number of halogens is 1. The summed E-state index contributed by atoms with van der Waals surface area (Å²) < 4.78 is 16.9. The fourth-order valence-corrected chi connectivity index (χ4v) is 3.53. The number of Topliss-reactive ketones (excluding diaryl/α,β-unsaturated/α-hetero) is 1. The largest absolute Gasteiger partial charge is 0.493 e. The first-order valence-electron chi connectivity index (χ1n) is 9.74. The van der Waals surface area contributed by atoms with Crippen LogP contribution in [0.2, 0.25) is 0 Å². The summed E-state index contributed by atoms with van der Waals surface area (Å²) in [7, 11) is 0. The van der Waals surface area contributed by atoms with Gasteiger partial charge < -0.3 is 14.2 Å². The lowest BCUT2D eigenvalue weighted by molar-refractivity contribution is -0.143. The first-order valence-corrected chi connectivity index (χ1v) is 10.9. The zero-order valence-corrected chi connectivity index (χ0v) is 17.8. The Morgan fingerprint density at radius 1 is 1.26 bits per heavy atom. The molecule has 27 heavy (non-hydrogen) atoms. The van der Waals surface area contributed by atoms with Gasteiger partial charge >= 0.3 is 5.97 Å². The van der Waals surface area contributed by atoms with E-state index in [-0.39, 0.29) is 17.9 Å². The van der Waals surface area contributed by atoms with E-state index in [1.807, 2.05) is 12.1 Å². The number of ketones is 1. The van der Waals surface area contributed by atoms with Crippen LogP contribution in [0.25, 0.3) is 0 Å². The average Bonchev–Trinajstić information content (AvgIpc) is 2.65. The lowest BCUT2D eigenvalue weighted by Crippen LogP contribution is -2.24. The number of fused-ring (bicyclic) bond motifs is 1. The lowest BCUT2D eigenvalue weighted by atomic mass is 9.96. The van der Waals surface area contributed by atoms with E-state index in [9.17, 15) is 9.59 Å². The molecule has 1 aliphatic heterocycles. The molecule has 0 fully saturated rings. The van der Waals surface area contributed by atoms with Gasteiger partial charge in [-0.1, -0.05) is 15.9 Å². The number of alkyl halides is 1. The molecule has 0 N–H and O–H groups in total. The highest BCUT2D eigenvalue weighted by Crippen LogP contribution is 2.35. The van der Waals surface area contributed by atoms with Gasteiger partial charge in [-0.25, -0.2) is 0 Å². The van der Waals surface area contributed by atoms with Crippen LogP contribution in [-0.2, 0) is 16.0 Å². The van der Waals surface area contributed by atoms with Gasteiger partial charge in [0.05, 0.1) is 24.9 Å². The second kappa shape index (κ2) is 11.3. The Kier molecular flexibility index (Phi) is 9.11. The minimum Gasteiger partial charge on any atom is -0.493 e. The predicted octanol–water partition coefficient (Wildman–Crippen LogP) is 4.87. The molecule has 1 unspecified atom stereocenters. The van der Waals surface area contributed by atoms with E-state index >= 15 is 0 Å². The van der Waals surface area contributed by atoms with Crippen LogP contribution in [0.4, 0.5) is 0 Å². The number of ether oxygens (including phenoxy) is 3. The third-order valence-electron chi connectivity index (χ3n) is 4.58. The van der Waals surface area contributed by atoms with Crippen molar-refractivity contribution in [3.05, 3.63) is 23.3 Å². The van der Waals surface area contributed by atoms with Crippen LogP contribution in [0.15, 0.2) is 12.1 Å². The molecular formula is C21H29BrO5. The van der Waals surface area contributed by atoms with E-state index in [0.29, 0.717) is 37.4 Å². The van der Waals surface area contributed by atoms with E-state index in [1.54, 1.807) is 13.8 Å². The summed E-state index contributed by atoms with van der Waals surface area (Å²) in [4.78, 5) is 23.6. The Labute approximate surface area is 169 Å². The molecule has 0 bridgehead atoms. The molecule has 1 aromatic carbocycles. The summed E-state index contributed by atoms with van der Waals surface area (Å²) in [6.07, 6.45) is 5.77. The summed E-state index contributed by atoms with van der Waals surface area (Å²) in [6.45, 7) is 4.35. The van der Waals surface area contributed by atoms with Crippen molar-refractivity contribution < 1.29 is 23.8 Å². The van der Waals surface area contributed by atoms with Gasteiger partial charge in [-0.05, 0) is 64.0 Å². The fraction of sp³-hybridized carbons (Fsp3) is 0.619. The lowest BCUT2D eigenvalue weighted by Gasteiger charge is -2.27. The van der Waals surface area contributed by atoms with Crippen molar-refractivity contribution in [3.8, 4) is 11.5 Å². The molecule has 0 amide bonds. The number of aryl methyl sites for hydroxylation is 1. The Morgan fingerprint density at radius 2 is 2.07 bits per heavy atom. The van der Waals surface area contributed by atoms with Crippen LogP contribution in [0.1, 0.15) is 68.3 Å². The summed E-state index contributed by atoms with van der Waals surface area (Å²) in [5.41, 5.74) is 1.64. The van der Waals surface area contributed by atoms with Gasteiger partial charge in [0.25, 0.3) is 0 Å². The Hall–Kier alpha value is -1.56. The van der Waals surface area contributed by atoms with Crippen molar-refractivity contribution in [2.45, 2.75) is 64.9 Å². The minimum absolute atomic E-state index is 0.00214. The predicted molar refractivity (Wildman–Crippen MR) is 108 cm³/mol. The SMILES string of the molecule is CCOC(=O)CCC1CCc2cc(C(C)=O)c(OCCCCCBr)cc2O1. The Balaban J connectivity index is 2.01. The number of unbranched alkanes of at least 4 members (excludes halogenated alkanes) is 2. The first kappa shape index (κ1) is 21.7. The van der Waals surface area contributed by atoms with Gasteiger partial charge in [0.2, 0.25) is 0 Å². The van der Waals surface area contributed by atoms with Crippen LogP contribution in [0.5, 0.6) is 11.5 Å². The smallest absolute Gasteiger partial charge is 0.305 e. The molecule has 2 rings (SSSR count). The third kappa shape index (κ3) is 6.83. The van der Waals surface area contributed by atoms with Crippen molar-refractivity contribution >= 4 is 27.7 Å². The van der Waals surface area contributed by atoms with Crippen molar-refractivity contribution in [2.75, 3.05) is 18.5 Å². The quantitative estimate of drug-likeness (QED) is 0.212. The van der Waals surface area contributed by atoms with Gasteiger partial charge in [0.15, 0.2) is 5.78 Å². The molecule has 1 atom stereocenters. The molecule has 0 aliphatic carbocycles. The van der Waals surface area contributed by atoms with Crippen molar-refractivity contribution in [3.63, 3.8) is 0 Å². The van der Waals surface area contributed by atoms with Gasteiger partial charge in [0.1, 0.15) is 11.5 Å². The van der Waals surface area contributed by atoms with Crippen LogP contribution < -0.4 is 9.47 Å². The van der Waals surface area contributed by atoms with E-state index in [1.165, 1.54) is 0 Å². The molecule has 0 saturated heterocycles.